The van der Waals surface area contributed by atoms with Gasteiger partial charge in [0.15, 0.2) is 0 Å². The molecule has 0 saturated heterocycles. The van der Waals surface area contributed by atoms with Gasteiger partial charge in [-0.15, -0.1) is 12.3 Å². The smallest absolute Gasteiger partial charge is 0.0117 e. The van der Waals surface area contributed by atoms with E-state index in [-0.39, 0.29) is 0 Å². The number of hydrogen-bond acceptors (Lipinski definition) is 0. The fourth-order valence-corrected chi connectivity index (χ4v) is 7.40. The van der Waals surface area contributed by atoms with Crippen molar-refractivity contribution < 1.29 is 0 Å². The van der Waals surface area contributed by atoms with Gasteiger partial charge in [0.2, 0.25) is 0 Å². The SMILES string of the molecule is C#CC[C@@H]1CC2CCCC[C@@H]2[C@H]2CC[C@]3(C)CCC[C@H]3[C@H]12. The maximum Gasteiger partial charge on any atom is 0.0117 e. The molecule has 0 nitrogen and oxygen atoms in total. The van der Waals surface area contributed by atoms with Crippen LogP contribution < -0.4 is 0 Å². The summed E-state index contributed by atoms with van der Waals surface area (Å²) >= 11 is 0. The molecular weight excluding hydrogens is 252 g/mol. The largest absolute Gasteiger partial charge is 0.120 e. The fraction of sp³-hybridized carbons (Fsp3) is 0.905. The van der Waals surface area contributed by atoms with Crippen LogP contribution >= 0.6 is 0 Å². The Morgan fingerprint density at radius 1 is 1.00 bits per heavy atom. The molecule has 0 aromatic heterocycles. The predicted octanol–water partition coefficient (Wildman–Crippen LogP) is 5.67. The van der Waals surface area contributed by atoms with Crippen molar-refractivity contribution in [3.63, 3.8) is 0 Å². The van der Waals surface area contributed by atoms with E-state index in [0.29, 0.717) is 5.41 Å². The van der Waals surface area contributed by atoms with E-state index in [1.54, 1.807) is 0 Å². The molecule has 1 unspecified atom stereocenters. The standard InChI is InChI=1S/C21H32/c1-3-7-16-14-15-8-4-5-9-17(15)18-11-13-21(2)12-6-10-19(21)20(16)18/h1,15-20H,4-14H2,2H3/t15?,16-,17+,18-,19+,20-,21+/m1/s1. The molecular formula is C21H32. The highest BCUT2D eigenvalue weighted by Crippen LogP contribution is 2.64. The molecule has 0 heterocycles. The van der Waals surface area contributed by atoms with Crippen molar-refractivity contribution in [3.8, 4) is 12.3 Å². The molecule has 21 heavy (non-hydrogen) atoms. The van der Waals surface area contributed by atoms with Crippen LogP contribution in [-0.4, -0.2) is 0 Å². The van der Waals surface area contributed by atoms with Crippen molar-refractivity contribution >= 4 is 0 Å². The van der Waals surface area contributed by atoms with E-state index in [1.807, 2.05) is 0 Å². The third-order valence-corrected chi connectivity index (χ3v) is 8.21. The van der Waals surface area contributed by atoms with Gasteiger partial charge in [0, 0.05) is 6.42 Å². The van der Waals surface area contributed by atoms with Crippen LogP contribution in [-0.2, 0) is 0 Å². The fourth-order valence-electron chi connectivity index (χ4n) is 7.40. The first kappa shape index (κ1) is 14.2. The van der Waals surface area contributed by atoms with Crippen LogP contribution in [0.4, 0.5) is 0 Å². The van der Waals surface area contributed by atoms with Crippen molar-refractivity contribution in [1.29, 1.82) is 0 Å². The molecule has 4 saturated carbocycles. The number of fused-ring (bicyclic) bond motifs is 5. The van der Waals surface area contributed by atoms with Crippen LogP contribution in [0.15, 0.2) is 0 Å². The third-order valence-electron chi connectivity index (χ3n) is 8.21. The molecule has 4 aliphatic carbocycles. The molecule has 0 N–H and O–H groups in total. The summed E-state index contributed by atoms with van der Waals surface area (Å²) in [4.78, 5) is 0. The first-order valence-corrected chi connectivity index (χ1v) is 9.66. The second-order valence-corrected chi connectivity index (χ2v) is 9.05. The molecule has 4 fully saturated rings. The van der Waals surface area contributed by atoms with Gasteiger partial charge < -0.3 is 0 Å². The van der Waals surface area contributed by atoms with Crippen LogP contribution in [0.25, 0.3) is 0 Å². The van der Waals surface area contributed by atoms with E-state index in [1.165, 1.54) is 64.2 Å². The summed E-state index contributed by atoms with van der Waals surface area (Å²) in [7, 11) is 0. The van der Waals surface area contributed by atoms with Gasteiger partial charge in [0.1, 0.15) is 0 Å². The first-order valence-electron chi connectivity index (χ1n) is 9.66. The van der Waals surface area contributed by atoms with Crippen LogP contribution in [0, 0.1) is 53.3 Å². The van der Waals surface area contributed by atoms with Crippen molar-refractivity contribution in [1.82, 2.24) is 0 Å². The van der Waals surface area contributed by atoms with Gasteiger partial charge in [-0.1, -0.05) is 32.6 Å². The summed E-state index contributed by atoms with van der Waals surface area (Å²) in [6.45, 7) is 2.61. The quantitative estimate of drug-likeness (QED) is 0.544. The molecule has 0 bridgehead atoms. The van der Waals surface area contributed by atoms with Gasteiger partial charge in [-0.2, -0.15) is 0 Å². The Bertz CT molecular complexity index is 430. The molecule has 7 atom stereocenters. The van der Waals surface area contributed by atoms with Crippen molar-refractivity contribution in [2.75, 3.05) is 0 Å². The van der Waals surface area contributed by atoms with E-state index in [0.717, 1.165) is 41.9 Å². The Kier molecular flexibility index (Phi) is 3.60. The van der Waals surface area contributed by atoms with E-state index >= 15 is 0 Å². The summed E-state index contributed by atoms with van der Waals surface area (Å²) in [6, 6.07) is 0. The van der Waals surface area contributed by atoms with Crippen molar-refractivity contribution in [2.45, 2.75) is 77.6 Å². The zero-order valence-corrected chi connectivity index (χ0v) is 13.8. The molecule has 0 amide bonds. The minimum absolute atomic E-state index is 0.676. The highest BCUT2D eigenvalue weighted by molar-refractivity contribution is 5.07. The van der Waals surface area contributed by atoms with Crippen molar-refractivity contribution in [3.05, 3.63) is 0 Å². The molecule has 0 aromatic rings. The topological polar surface area (TPSA) is 0 Å². The Morgan fingerprint density at radius 3 is 2.71 bits per heavy atom. The number of rotatable bonds is 1. The average Bonchev–Trinajstić information content (AvgIpc) is 2.89. The Balaban J connectivity index is 1.65. The van der Waals surface area contributed by atoms with E-state index in [9.17, 15) is 0 Å². The summed E-state index contributed by atoms with van der Waals surface area (Å²) in [5, 5.41) is 0. The lowest BCUT2D eigenvalue weighted by atomic mass is 9.47. The molecule has 0 aromatic carbocycles. The van der Waals surface area contributed by atoms with Gasteiger partial charge >= 0.3 is 0 Å². The van der Waals surface area contributed by atoms with E-state index < -0.39 is 0 Å². The minimum Gasteiger partial charge on any atom is -0.120 e. The lowest BCUT2D eigenvalue weighted by Gasteiger charge is -2.57. The number of hydrogen-bond donors (Lipinski definition) is 0. The summed E-state index contributed by atoms with van der Waals surface area (Å²) in [5.41, 5.74) is 0.676. The van der Waals surface area contributed by atoms with Crippen LogP contribution in [0.5, 0.6) is 0 Å². The monoisotopic (exact) mass is 284 g/mol. The molecule has 0 heteroatoms. The molecule has 0 spiro atoms. The van der Waals surface area contributed by atoms with Gasteiger partial charge in [-0.05, 0) is 79.4 Å². The molecule has 116 valence electrons. The second kappa shape index (κ2) is 5.33. The van der Waals surface area contributed by atoms with Gasteiger partial charge in [0.05, 0.1) is 0 Å². The minimum atomic E-state index is 0.676. The zero-order valence-electron chi connectivity index (χ0n) is 13.8. The van der Waals surface area contributed by atoms with Gasteiger partial charge in [0.25, 0.3) is 0 Å². The molecule has 4 aliphatic rings. The highest BCUT2D eigenvalue weighted by atomic mass is 14.6. The summed E-state index contributed by atoms with van der Waals surface area (Å²) in [6.07, 6.45) is 21.9. The van der Waals surface area contributed by atoms with Crippen LogP contribution in [0.1, 0.15) is 77.6 Å². The van der Waals surface area contributed by atoms with Crippen molar-refractivity contribution in [2.24, 2.45) is 40.9 Å². The maximum absolute atomic E-state index is 5.77. The van der Waals surface area contributed by atoms with Crippen LogP contribution in [0.2, 0.25) is 0 Å². The van der Waals surface area contributed by atoms with E-state index in [4.69, 9.17) is 6.42 Å². The lowest BCUT2D eigenvalue weighted by Crippen LogP contribution is -2.50. The summed E-state index contributed by atoms with van der Waals surface area (Å²) < 4.78 is 0. The second-order valence-electron chi connectivity index (χ2n) is 9.05. The van der Waals surface area contributed by atoms with Gasteiger partial charge in [-0.25, -0.2) is 0 Å². The lowest BCUT2D eigenvalue weighted by molar-refractivity contribution is -0.0821. The third kappa shape index (κ3) is 2.18. The number of terminal acetylenes is 1. The molecule has 0 aliphatic heterocycles. The first-order chi connectivity index (χ1) is 10.2. The maximum atomic E-state index is 5.77. The summed E-state index contributed by atoms with van der Waals surface area (Å²) in [5.74, 6) is 9.06. The zero-order chi connectivity index (χ0) is 14.4. The predicted molar refractivity (Wildman–Crippen MR) is 88.7 cm³/mol. The average molecular weight is 284 g/mol. The highest BCUT2D eigenvalue weighted by Gasteiger charge is 2.55. The van der Waals surface area contributed by atoms with E-state index in [2.05, 4.69) is 12.8 Å². The van der Waals surface area contributed by atoms with Crippen LogP contribution in [0.3, 0.4) is 0 Å². The Morgan fingerprint density at radius 2 is 1.86 bits per heavy atom. The Hall–Kier alpha value is -0.440. The normalized spacial score (nSPS) is 52.4. The molecule has 4 rings (SSSR count). The molecule has 0 radical (unpaired) electrons. The Labute approximate surface area is 131 Å². The van der Waals surface area contributed by atoms with Gasteiger partial charge in [-0.3, -0.25) is 0 Å².